The first kappa shape index (κ1) is 26.2. The predicted molar refractivity (Wildman–Crippen MR) is 148 cm³/mol. The average molecular weight is 565 g/mol. The molecule has 0 fully saturated rings. The molecule has 7 nitrogen and oxygen atoms in total. The quantitative estimate of drug-likeness (QED) is 0.291. The van der Waals surface area contributed by atoms with Crippen LogP contribution in [0.25, 0.3) is 10.2 Å². The first-order valence-corrected chi connectivity index (χ1v) is 14.3. The Morgan fingerprint density at radius 3 is 2.28 bits per heavy atom. The molecule has 0 aliphatic rings. The Labute approximate surface area is 222 Å². The van der Waals surface area contributed by atoms with Gasteiger partial charge in [0.05, 0.1) is 28.7 Å². The molecular formula is C25H23Cl2N3O4S2. The molecule has 3 aromatic carbocycles. The minimum Gasteiger partial charge on any atom is -0.322 e. The lowest BCUT2D eigenvalue weighted by Gasteiger charge is -2.23. The highest BCUT2D eigenvalue weighted by Crippen LogP contribution is 2.30. The molecule has 1 heterocycles. The molecule has 4 rings (SSSR count). The van der Waals surface area contributed by atoms with E-state index < -0.39 is 10.0 Å². The standard InChI is InChI=1S/C25H23Cl2N3O4S2/c1-15(2)30-22-12-9-17(13-23(22)35-25(30)32)28-24(31)16-7-10-18(11-8-16)29(36(3,33)34)14-19-20(26)5-4-6-21(19)27/h4-13,15H,14H2,1-3H3,(H,28,31). The van der Waals surface area contributed by atoms with Gasteiger partial charge in [0, 0.05) is 32.9 Å². The second-order valence-corrected chi connectivity index (χ2v) is 12.2. The van der Waals surface area contributed by atoms with Crippen molar-refractivity contribution in [1.29, 1.82) is 0 Å². The van der Waals surface area contributed by atoms with E-state index in [1.807, 2.05) is 19.9 Å². The number of aromatic nitrogens is 1. The topological polar surface area (TPSA) is 88.5 Å². The van der Waals surface area contributed by atoms with Crippen molar-refractivity contribution in [3.63, 3.8) is 0 Å². The fraction of sp³-hybridized carbons (Fsp3) is 0.200. The molecule has 11 heteroatoms. The Morgan fingerprint density at radius 1 is 1.06 bits per heavy atom. The van der Waals surface area contributed by atoms with Gasteiger partial charge in [-0.15, -0.1) is 0 Å². The Hall–Kier alpha value is -2.85. The van der Waals surface area contributed by atoms with Gasteiger partial charge < -0.3 is 5.32 Å². The first-order valence-electron chi connectivity index (χ1n) is 10.9. The number of fused-ring (bicyclic) bond motifs is 1. The number of carbonyl (C=O) groups is 1. The van der Waals surface area contributed by atoms with Crippen molar-refractivity contribution < 1.29 is 13.2 Å². The third-order valence-corrected chi connectivity index (χ3v) is 8.34. The number of rotatable bonds is 7. The maximum absolute atomic E-state index is 12.8. The van der Waals surface area contributed by atoms with Crippen LogP contribution in [0.5, 0.6) is 0 Å². The van der Waals surface area contributed by atoms with Crippen LogP contribution in [0.15, 0.2) is 65.5 Å². The molecule has 0 aliphatic carbocycles. The summed E-state index contributed by atoms with van der Waals surface area (Å²) in [4.78, 5) is 25.1. The molecule has 1 amide bonds. The molecule has 1 N–H and O–H groups in total. The van der Waals surface area contributed by atoms with Gasteiger partial charge in [-0.3, -0.25) is 18.5 Å². The number of hydrogen-bond acceptors (Lipinski definition) is 5. The van der Waals surface area contributed by atoms with Crippen LogP contribution < -0.4 is 14.5 Å². The number of hydrogen-bond donors (Lipinski definition) is 1. The van der Waals surface area contributed by atoms with E-state index in [1.165, 1.54) is 4.31 Å². The second-order valence-electron chi connectivity index (χ2n) is 8.49. The predicted octanol–water partition coefficient (Wildman–Crippen LogP) is 6.17. The minimum atomic E-state index is -3.67. The molecule has 0 unspecified atom stereocenters. The van der Waals surface area contributed by atoms with Crippen LogP contribution in [0.4, 0.5) is 11.4 Å². The van der Waals surface area contributed by atoms with Gasteiger partial charge in [0.15, 0.2) is 0 Å². The molecule has 0 aliphatic heterocycles. The Bertz CT molecular complexity index is 1590. The fourth-order valence-electron chi connectivity index (χ4n) is 3.81. The average Bonchev–Trinajstić information content (AvgIpc) is 3.13. The van der Waals surface area contributed by atoms with Crippen molar-refractivity contribution in [2.45, 2.75) is 26.4 Å². The van der Waals surface area contributed by atoms with Crippen LogP contribution in [0.1, 0.15) is 35.8 Å². The summed E-state index contributed by atoms with van der Waals surface area (Å²) in [5.74, 6) is -0.364. The lowest BCUT2D eigenvalue weighted by molar-refractivity contribution is 0.102. The summed E-state index contributed by atoms with van der Waals surface area (Å²) >= 11 is 13.6. The second kappa shape index (κ2) is 10.3. The first-order chi connectivity index (χ1) is 17.0. The molecule has 0 saturated carbocycles. The minimum absolute atomic E-state index is 0.0330. The van der Waals surface area contributed by atoms with E-state index in [4.69, 9.17) is 23.2 Å². The lowest BCUT2D eigenvalue weighted by atomic mass is 10.1. The van der Waals surface area contributed by atoms with Crippen LogP contribution in [0.3, 0.4) is 0 Å². The lowest BCUT2D eigenvalue weighted by Crippen LogP contribution is -2.29. The SMILES string of the molecule is CC(C)n1c(=O)sc2cc(NC(=O)c3ccc(N(Cc4c(Cl)cccc4Cl)S(C)(=O)=O)cc3)ccc21. The van der Waals surface area contributed by atoms with Gasteiger partial charge in [-0.1, -0.05) is 40.6 Å². The van der Waals surface area contributed by atoms with Gasteiger partial charge >= 0.3 is 4.87 Å². The Kier molecular flexibility index (Phi) is 7.47. The van der Waals surface area contributed by atoms with Crippen LogP contribution >= 0.6 is 34.5 Å². The largest absolute Gasteiger partial charge is 0.322 e. The number of thiazole rings is 1. The zero-order valence-electron chi connectivity index (χ0n) is 19.7. The van der Waals surface area contributed by atoms with Gasteiger partial charge in [-0.25, -0.2) is 8.42 Å². The zero-order valence-corrected chi connectivity index (χ0v) is 22.8. The molecule has 188 valence electrons. The van der Waals surface area contributed by atoms with E-state index in [-0.39, 0.29) is 23.4 Å². The van der Waals surface area contributed by atoms with Crippen molar-refractivity contribution in [3.05, 3.63) is 91.5 Å². The molecule has 0 bridgehead atoms. The normalized spacial score (nSPS) is 11.7. The van der Waals surface area contributed by atoms with E-state index in [0.717, 1.165) is 27.8 Å². The van der Waals surface area contributed by atoms with Crippen LogP contribution in [-0.2, 0) is 16.6 Å². The number of nitrogens with one attached hydrogen (secondary N) is 1. The number of anilines is 2. The van der Waals surface area contributed by atoms with Gasteiger partial charge in [0.2, 0.25) is 10.0 Å². The number of sulfonamides is 1. The third kappa shape index (κ3) is 5.44. The molecule has 0 radical (unpaired) electrons. The molecular weight excluding hydrogens is 541 g/mol. The molecule has 1 aromatic heterocycles. The zero-order chi connectivity index (χ0) is 26.2. The van der Waals surface area contributed by atoms with E-state index in [0.29, 0.717) is 32.5 Å². The summed E-state index contributed by atoms with van der Waals surface area (Å²) < 4.78 is 28.7. The highest BCUT2D eigenvalue weighted by molar-refractivity contribution is 7.92. The number of nitrogens with zero attached hydrogens (tertiary/aromatic N) is 2. The van der Waals surface area contributed by atoms with Crippen molar-refractivity contribution in [1.82, 2.24) is 4.57 Å². The molecule has 0 atom stereocenters. The number of amides is 1. The van der Waals surface area contributed by atoms with Crippen molar-refractivity contribution in [2.75, 3.05) is 15.9 Å². The molecule has 36 heavy (non-hydrogen) atoms. The summed E-state index contributed by atoms with van der Waals surface area (Å²) in [7, 11) is -3.67. The number of benzene rings is 3. The Morgan fingerprint density at radius 2 is 1.69 bits per heavy atom. The maximum atomic E-state index is 12.8. The van der Waals surface area contributed by atoms with Gasteiger partial charge in [0.1, 0.15) is 0 Å². The van der Waals surface area contributed by atoms with Gasteiger partial charge in [-0.2, -0.15) is 0 Å². The van der Waals surface area contributed by atoms with E-state index in [2.05, 4.69) is 5.32 Å². The van der Waals surface area contributed by atoms with Crippen molar-refractivity contribution in [3.8, 4) is 0 Å². The molecule has 0 spiro atoms. The van der Waals surface area contributed by atoms with E-state index >= 15 is 0 Å². The smallest absolute Gasteiger partial charge is 0.308 e. The molecule has 4 aromatic rings. The van der Waals surface area contributed by atoms with E-state index in [1.54, 1.807) is 59.2 Å². The van der Waals surface area contributed by atoms with Gasteiger partial charge in [-0.05, 0) is 68.4 Å². The number of carbonyl (C=O) groups excluding carboxylic acids is 1. The summed E-state index contributed by atoms with van der Waals surface area (Å²) in [5, 5.41) is 3.55. The highest BCUT2D eigenvalue weighted by Gasteiger charge is 2.21. The van der Waals surface area contributed by atoms with Crippen LogP contribution in [0.2, 0.25) is 10.0 Å². The van der Waals surface area contributed by atoms with E-state index in [9.17, 15) is 18.0 Å². The van der Waals surface area contributed by atoms with Crippen LogP contribution in [0, 0.1) is 0 Å². The highest BCUT2D eigenvalue weighted by atomic mass is 35.5. The summed E-state index contributed by atoms with van der Waals surface area (Å²) in [6.45, 7) is 3.84. The third-order valence-electron chi connectivity index (χ3n) is 5.57. The maximum Gasteiger partial charge on any atom is 0.308 e. The fourth-order valence-corrected chi connectivity index (χ4v) is 6.25. The molecule has 0 saturated heterocycles. The Balaban J connectivity index is 1.56. The summed E-state index contributed by atoms with van der Waals surface area (Å²) in [6.07, 6.45) is 1.09. The van der Waals surface area contributed by atoms with Crippen LogP contribution in [-0.4, -0.2) is 25.1 Å². The van der Waals surface area contributed by atoms with Crippen molar-refractivity contribution in [2.24, 2.45) is 0 Å². The van der Waals surface area contributed by atoms with Gasteiger partial charge in [0.25, 0.3) is 5.91 Å². The van der Waals surface area contributed by atoms with Crippen molar-refractivity contribution >= 4 is 72.1 Å². The monoisotopic (exact) mass is 563 g/mol. The summed E-state index contributed by atoms with van der Waals surface area (Å²) in [6, 6.07) is 16.5. The number of halogens is 2. The summed E-state index contributed by atoms with van der Waals surface area (Å²) in [5.41, 5.74) is 2.57.